The zero-order chi connectivity index (χ0) is 18.7. The summed E-state index contributed by atoms with van der Waals surface area (Å²) in [6.07, 6.45) is 3.19. The molecule has 5 rings (SSSR count). The highest BCUT2D eigenvalue weighted by Gasteiger charge is 2.40. The lowest BCUT2D eigenvalue weighted by molar-refractivity contribution is -0.136. The van der Waals surface area contributed by atoms with E-state index in [1.165, 1.54) is 12.8 Å². The Labute approximate surface area is 158 Å². The van der Waals surface area contributed by atoms with Gasteiger partial charge in [0, 0.05) is 49.4 Å². The topological polar surface area (TPSA) is 73.0 Å². The standard InChI is InChI=1S/C20H24N4O3/c1-22-14-2-3-15(22)11-23(10-14)13-4-5-16-12(8-13)9-24(20(16)27)17-6-7-18(25)21-19(17)26/h4-5,8,14-15,17H,2-3,6-7,9-11H2,1H3,(H,21,25,26). The molecule has 0 saturated carbocycles. The van der Waals surface area contributed by atoms with Gasteiger partial charge < -0.3 is 9.80 Å². The number of fused-ring (bicyclic) bond motifs is 3. The third-order valence-electron chi connectivity index (χ3n) is 6.72. The minimum Gasteiger partial charge on any atom is -0.368 e. The monoisotopic (exact) mass is 368 g/mol. The van der Waals surface area contributed by atoms with Crippen molar-refractivity contribution in [3.8, 4) is 0 Å². The minimum atomic E-state index is -0.550. The fourth-order valence-electron chi connectivity index (χ4n) is 5.08. The number of anilines is 1. The summed E-state index contributed by atoms with van der Waals surface area (Å²) in [5, 5.41) is 2.35. The van der Waals surface area contributed by atoms with E-state index in [-0.39, 0.29) is 24.1 Å². The smallest absolute Gasteiger partial charge is 0.255 e. The number of nitrogens with zero attached hydrogens (tertiary/aromatic N) is 3. The molecular formula is C20H24N4O3. The van der Waals surface area contributed by atoms with E-state index in [0.29, 0.717) is 30.6 Å². The maximum Gasteiger partial charge on any atom is 0.255 e. The summed E-state index contributed by atoms with van der Waals surface area (Å²) in [6, 6.07) is 6.72. The van der Waals surface area contributed by atoms with Crippen molar-refractivity contribution in [1.82, 2.24) is 15.1 Å². The summed E-state index contributed by atoms with van der Waals surface area (Å²) in [5.41, 5.74) is 2.82. The van der Waals surface area contributed by atoms with E-state index in [0.717, 1.165) is 24.3 Å². The lowest BCUT2D eigenvalue weighted by Gasteiger charge is -2.40. The van der Waals surface area contributed by atoms with Gasteiger partial charge in [0.05, 0.1) is 0 Å². The van der Waals surface area contributed by atoms with Crippen molar-refractivity contribution in [2.45, 2.75) is 50.4 Å². The molecule has 0 radical (unpaired) electrons. The Morgan fingerprint density at radius 2 is 1.78 bits per heavy atom. The van der Waals surface area contributed by atoms with Crippen LogP contribution in [0, 0.1) is 0 Å². The van der Waals surface area contributed by atoms with Crippen molar-refractivity contribution in [2.24, 2.45) is 0 Å². The lowest BCUT2D eigenvalue weighted by Crippen LogP contribution is -2.52. The molecule has 142 valence electrons. The van der Waals surface area contributed by atoms with Crippen LogP contribution in [-0.4, -0.2) is 65.8 Å². The average molecular weight is 368 g/mol. The van der Waals surface area contributed by atoms with E-state index in [2.05, 4.69) is 28.2 Å². The van der Waals surface area contributed by atoms with Crippen LogP contribution in [0.2, 0.25) is 0 Å². The number of carbonyl (C=O) groups excluding carboxylic acids is 3. The van der Waals surface area contributed by atoms with Crippen molar-refractivity contribution in [3.63, 3.8) is 0 Å². The Hall–Kier alpha value is -2.41. The molecule has 4 aliphatic rings. The lowest BCUT2D eigenvalue weighted by atomic mass is 10.0. The summed E-state index contributed by atoms with van der Waals surface area (Å²) in [5.74, 6) is -0.722. The van der Waals surface area contributed by atoms with Crippen LogP contribution in [0.15, 0.2) is 18.2 Å². The number of hydrogen-bond acceptors (Lipinski definition) is 5. The van der Waals surface area contributed by atoms with Crippen molar-refractivity contribution in [3.05, 3.63) is 29.3 Å². The maximum absolute atomic E-state index is 12.8. The summed E-state index contributed by atoms with van der Waals surface area (Å²) in [4.78, 5) is 42.9. The highest BCUT2D eigenvalue weighted by atomic mass is 16.2. The molecule has 3 amide bonds. The van der Waals surface area contributed by atoms with Crippen LogP contribution in [-0.2, 0) is 16.1 Å². The van der Waals surface area contributed by atoms with Crippen LogP contribution < -0.4 is 10.2 Å². The second kappa shape index (κ2) is 6.05. The average Bonchev–Trinajstić information content (AvgIpc) is 3.05. The molecule has 2 bridgehead atoms. The Balaban J connectivity index is 1.37. The molecule has 3 fully saturated rings. The van der Waals surface area contributed by atoms with E-state index in [9.17, 15) is 14.4 Å². The molecule has 0 aromatic heterocycles. The van der Waals surface area contributed by atoms with Crippen LogP contribution in [0.5, 0.6) is 0 Å². The molecule has 1 aromatic carbocycles. The van der Waals surface area contributed by atoms with Gasteiger partial charge in [-0.15, -0.1) is 0 Å². The van der Waals surface area contributed by atoms with Crippen LogP contribution >= 0.6 is 0 Å². The van der Waals surface area contributed by atoms with Gasteiger partial charge in [-0.25, -0.2) is 0 Å². The maximum atomic E-state index is 12.8. The number of piperazine rings is 1. The zero-order valence-electron chi connectivity index (χ0n) is 15.5. The normalized spacial score (nSPS) is 30.7. The van der Waals surface area contributed by atoms with E-state index in [1.807, 2.05) is 12.1 Å². The zero-order valence-corrected chi connectivity index (χ0v) is 15.5. The Morgan fingerprint density at radius 3 is 2.48 bits per heavy atom. The predicted octanol–water partition coefficient (Wildman–Crippen LogP) is 0.730. The molecule has 7 heteroatoms. The van der Waals surface area contributed by atoms with Crippen LogP contribution in [0.3, 0.4) is 0 Å². The van der Waals surface area contributed by atoms with Gasteiger partial charge in [-0.2, -0.15) is 0 Å². The van der Waals surface area contributed by atoms with Gasteiger partial charge in [0.25, 0.3) is 5.91 Å². The molecule has 3 atom stereocenters. The molecule has 1 N–H and O–H groups in total. The third kappa shape index (κ3) is 2.64. The number of carbonyl (C=O) groups is 3. The summed E-state index contributed by atoms with van der Waals surface area (Å²) in [6.45, 7) is 2.49. The first-order valence-electron chi connectivity index (χ1n) is 9.76. The largest absolute Gasteiger partial charge is 0.368 e. The molecule has 1 aromatic rings. The molecule has 0 spiro atoms. The number of rotatable bonds is 2. The predicted molar refractivity (Wildman–Crippen MR) is 99.3 cm³/mol. The number of amides is 3. The number of likely N-dealkylation sites (N-methyl/N-ethyl adjacent to an activating group) is 1. The van der Waals surface area contributed by atoms with Gasteiger partial charge in [-0.1, -0.05) is 0 Å². The third-order valence-corrected chi connectivity index (χ3v) is 6.72. The number of benzene rings is 1. The van der Waals surface area contributed by atoms with Crippen LogP contribution in [0.4, 0.5) is 5.69 Å². The Kier molecular flexibility index (Phi) is 3.75. The number of nitrogens with one attached hydrogen (secondary N) is 1. The summed E-state index contributed by atoms with van der Waals surface area (Å²) >= 11 is 0. The second-order valence-corrected chi connectivity index (χ2v) is 8.20. The Morgan fingerprint density at radius 1 is 1.04 bits per heavy atom. The van der Waals surface area contributed by atoms with Gasteiger partial charge >= 0.3 is 0 Å². The SMILES string of the molecule is CN1C2CCC1CN(c1ccc3c(c1)CN(C1CCC(=O)NC1=O)C3=O)C2. The quantitative estimate of drug-likeness (QED) is 0.779. The minimum absolute atomic E-state index is 0.107. The van der Waals surface area contributed by atoms with Crippen molar-refractivity contribution in [1.29, 1.82) is 0 Å². The van der Waals surface area contributed by atoms with Crippen LogP contribution in [0.25, 0.3) is 0 Å². The van der Waals surface area contributed by atoms with Crippen molar-refractivity contribution >= 4 is 23.4 Å². The van der Waals surface area contributed by atoms with Gasteiger partial charge in [0.15, 0.2) is 0 Å². The highest BCUT2D eigenvalue weighted by molar-refractivity contribution is 6.05. The van der Waals surface area contributed by atoms with Crippen LogP contribution in [0.1, 0.15) is 41.6 Å². The second-order valence-electron chi connectivity index (χ2n) is 8.20. The molecule has 0 aliphatic carbocycles. The van der Waals surface area contributed by atoms with Gasteiger partial charge in [0.2, 0.25) is 11.8 Å². The fraction of sp³-hybridized carbons (Fsp3) is 0.550. The molecule has 4 aliphatic heterocycles. The number of piperidine rings is 1. The summed E-state index contributed by atoms with van der Waals surface area (Å²) < 4.78 is 0. The van der Waals surface area contributed by atoms with Gasteiger partial charge in [-0.05, 0) is 50.1 Å². The van der Waals surface area contributed by atoms with E-state index < -0.39 is 6.04 Å². The molecule has 27 heavy (non-hydrogen) atoms. The number of hydrogen-bond donors (Lipinski definition) is 1. The number of imide groups is 1. The molecule has 7 nitrogen and oxygen atoms in total. The van der Waals surface area contributed by atoms with Crippen molar-refractivity contribution < 1.29 is 14.4 Å². The summed E-state index contributed by atoms with van der Waals surface area (Å²) in [7, 11) is 2.22. The molecular weight excluding hydrogens is 344 g/mol. The molecule has 3 saturated heterocycles. The molecule has 4 heterocycles. The fourth-order valence-corrected chi connectivity index (χ4v) is 5.08. The first kappa shape index (κ1) is 16.7. The van der Waals surface area contributed by atoms with E-state index in [4.69, 9.17) is 0 Å². The van der Waals surface area contributed by atoms with Gasteiger partial charge in [0.1, 0.15) is 6.04 Å². The first-order valence-corrected chi connectivity index (χ1v) is 9.76. The van der Waals surface area contributed by atoms with Crippen molar-refractivity contribution in [2.75, 3.05) is 25.0 Å². The van der Waals surface area contributed by atoms with E-state index >= 15 is 0 Å². The highest BCUT2D eigenvalue weighted by Crippen LogP contribution is 2.34. The van der Waals surface area contributed by atoms with Gasteiger partial charge in [-0.3, -0.25) is 24.6 Å². The van der Waals surface area contributed by atoms with E-state index in [1.54, 1.807) is 4.90 Å². The first-order chi connectivity index (χ1) is 13.0. The Bertz CT molecular complexity index is 825. The molecule has 3 unspecified atom stereocenters.